The molecule has 1 aliphatic rings. The summed E-state index contributed by atoms with van der Waals surface area (Å²) in [5, 5.41) is 2.51. The molecule has 0 saturated carbocycles. The van der Waals surface area contributed by atoms with Gasteiger partial charge in [-0.2, -0.15) is 0 Å². The summed E-state index contributed by atoms with van der Waals surface area (Å²) in [6.07, 6.45) is 0. The van der Waals surface area contributed by atoms with Gasteiger partial charge in [0.15, 0.2) is 0 Å². The number of rotatable bonds is 8. The predicted molar refractivity (Wildman–Crippen MR) is 252 cm³/mol. The van der Waals surface area contributed by atoms with Gasteiger partial charge in [0.1, 0.15) is 0 Å². The lowest BCUT2D eigenvalue weighted by molar-refractivity contribution is 0.930. The number of hydrogen-bond acceptors (Lipinski definition) is 3. The van der Waals surface area contributed by atoms with Gasteiger partial charge in [0.25, 0.3) is 0 Å². The van der Waals surface area contributed by atoms with Gasteiger partial charge in [-0.1, -0.05) is 140 Å². The minimum atomic E-state index is -0.0109. The fraction of sp³-hybridized carbons (Fsp3) is 0.0357. The zero-order valence-corrected chi connectivity index (χ0v) is 33.3. The molecule has 0 N–H and O–H groups in total. The van der Waals surface area contributed by atoms with Crippen molar-refractivity contribution in [3.63, 3.8) is 0 Å². The number of benzene rings is 9. The molecule has 1 atom stereocenters. The molecule has 4 heteroatoms. The zero-order valence-electron chi connectivity index (χ0n) is 33.3. The second-order valence-electron chi connectivity index (χ2n) is 15.4. The van der Waals surface area contributed by atoms with Gasteiger partial charge >= 0.3 is 0 Å². The summed E-state index contributed by atoms with van der Waals surface area (Å²) in [5.74, 6) is -0.0109. The summed E-state index contributed by atoms with van der Waals surface area (Å²) in [6, 6.07) is 83.5. The number of para-hydroxylation sites is 6. The SMILES string of the molecule is CN(c1ccccc1)c1cc(N(c2ccccc2)c2ccc(-n3c4ccccc4c4ccccc43)cc2)cc2c1C(c1ccccc1)c1ccccc1N2c1ccccc1. The molecule has 1 unspecified atom stereocenters. The summed E-state index contributed by atoms with van der Waals surface area (Å²) in [7, 11) is 2.21. The van der Waals surface area contributed by atoms with Crippen LogP contribution in [0.3, 0.4) is 0 Å². The molecule has 1 aliphatic heterocycles. The maximum atomic E-state index is 2.46. The van der Waals surface area contributed by atoms with Gasteiger partial charge in [-0.05, 0) is 102 Å². The third-order valence-electron chi connectivity index (χ3n) is 12.0. The Morgan fingerprint density at radius 1 is 0.400 bits per heavy atom. The Morgan fingerprint density at radius 3 is 1.57 bits per heavy atom. The molecule has 60 heavy (non-hydrogen) atoms. The van der Waals surface area contributed by atoms with Gasteiger partial charge in [-0.3, -0.25) is 0 Å². The van der Waals surface area contributed by atoms with Crippen LogP contribution in [0, 0.1) is 0 Å². The first kappa shape index (κ1) is 35.4. The molecule has 2 heterocycles. The number of aromatic nitrogens is 1. The van der Waals surface area contributed by atoms with Crippen molar-refractivity contribution in [3.05, 3.63) is 247 Å². The van der Waals surface area contributed by atoms with Crippen molar-refractivity contribution in [2.24, 2.45) is 0 Å². The summed E-state index contributed by atoms with van der Waals surface area (Å²) < 4.78 is 2.38. The van der Waals surface area contributed by atoms with Gasteiger partial charge in [0.05, 0.1) is 28.1 Å². The monoisotopic (exact) mass is 770 g/mol. The molecule has 0 radical (unpaired) electrons. The quantitative estimate of drug-likeness (QED) is 0.153. The Hall–Kier alpha value is -7.82. The van der Waals surface area contributed by atoms with Crippen molar-refractivity contribution in [2.75, 3.05) is 21.7 Å². The average Bonchev–Trinajstić information content (AvgIpc) is 3.66. The van der Waals surface area contributed by atoms with Crippen LogP contribution in [-0.2, 0) is 0 Å². The van der Waals surface area contributed by atoms with Gasteiger partial charge in [-0.25, -0.2) is 0 Å². The average molecular weight is 771 g/mol. The van der Waals surface area contributed by atoms with E-state index in [0.717, 1.165) is 45.5 Å². The predicted octanol–water partition coefficient (Wildman–Crippen LogP) is 15.0. The highest BCUT2D eigenvalue weighted by atomic mass is 15.2. The van der Waals surface area contributed by atoms with Crippen molar-refractivity contribution in [1.29, 1.82) is 0 Å². The maximum absolute atomic E-state index is 2.46. The van der Waals surface area contributed by atoms with E-state index in [0.29, 0.717) is 0 Å². The third kappa shape index (κ3) is 5.92. The van der Waals surface area contributed by atoms with Crippen LogP contribution < -0.4 is 14.7 Å². The van der Waals surface area contributed by atoms with Crippen LogP contribution in [0.15, 0.2) is 231 Å². The normalized spacial score (nSPS) is 13.2. The van der Waals surface area contributed by atoms with Gasteiger partial charge < -0.3 is 19.3 Å². The first-order valence-electron chi connectivity index (χ1n) is 20.6. The molecule has 1 aromatic heterocycles. The molecule has 0 spiro atoms. The highest BCUT2D eigenvalue weighted by molar-refractivity contribution is 6.09. The van der Waals surface area contributed by atoms with Crippen molar-refractivity contribution < 1.29 is 0 Å². The molecule has 0 aliphatic carbocycles. The van der Waals surface area contributed by atoms with Crippen molar-refractivity contribution in [3.8, 4) is 5.69 Å². The minimum Gasteiger partial charge on any atom is -0.344 e. The van der Waals surface area contributed by atoms with Crippen LogP contribution in [0.1, 0.15) is 22.6 Å². The van der Waals surface area contributed by atoms with Crippen LogP contribution in [0.5, 0.6) is 0 Å². The topological polar surface area (TPSA) is 14.7 Å². The lowest BCUT2D eigenvalue weighted by Gasteiger charge is -2.41. The van der Waals surface area contributed by atoms with Crippen LogP contribution >= 0.6 is 0 Å². The molecule has 286 valence electrons. The number of hydrogen-bond donors (Lipinski definition) is 0. The van der Waals surface area contributed by atoms with E-state index < -0.39 is 0 Å². The van der Waals surface area contributed by atoms with E-state index in [4.69, 9.17) is 0 Å². The Kier molecular flexibility index (Phi) is 8.75. The maximum Gasteiger partial charge on any atom is 0.0545 e. The molecular weight excluding hydrogens is 729 g/mol. The molecular formula is C56H42N4. The van der Waals surface area contributed by atoms with Crippen LogP contribution in [-0.4, -0.2) is 11.6 Å². The summed E-state index contributed by atoms with van der Waals surface area (Å²) >= 11 is 0. The van der Waals surface area contributed by atoms with E-state index >= 15 is 0 Å². The lowest BCUT2D eigenvalue weighted by Crippen LogP contribution is -2.26. The third-order valence-corrected chi connectivity index (χ3v) is 12.0. The van der Waals surface area contributed by atoms with Crippen LogP contribution in [0.2, 0.25) is 0 Å². The summed E-state index contributed by atoms with van der Waals surface area (Å²) in [6.45, 7) is 0. The first-order chi connectivity index (χ1) is 29.7. The van der Waals surface area contributed by atoms with E-state index in [1.165, 1.54) is 44.2 Å². The standard InChI is InChI=1S/C56H42N4/c1-57(41-22-8-3-9-23-41)53-38-46(39-54-56(53)55(40-20-6-2-7-21-40)49-30-16-19-33-52(49)60(54)43-26-12-5-13-27-43)58(42-24-10-4-11-25-42)44-34-36-45(37-35-44)59-50-31-17-14-28-47(50)48-29-15-18-32-51(48)59/h2-39,55H,1H3. The Morgan fingerprint density at radius 2 is 0.917 bits per heavy atom. The fourth-order valence-corrected chi connectivity index (χ4v) is 9.33. The summed E-state index contributed by atoms with van der Waals surface area (Å²) in [5.41, 5.74) is 16.2. The number of nitrogens with zero attached hydrogens (tertiary/aromatic N) is 4. The van der Waals surface area contributed by atoms with E-state index in [1.807, 2.05) is 0 Å². The fourth-order valence-electron chi connectivity index (χ4n) is 9.33. The first-order valence-corrected chi connectivity index (χ1v) is 20.6. The second-order valence-corrected chi connectivity index (χ2v) is 15.4. The lowest BCUT2D eigenvalue weighted by atomic mass is 9.78. The Labute approximate surface area is 351 Å². The number of anilines is 8. The van der Waals surface area contributed by atoms with Crippen molar-refractivity contribution >= 4 is 67.3 Å². The smallest absolute Gasteiger partial charge is 0.0545 e. The number of fused-ring (bicyclic) bond motifs is 5. The largest absolute Gasteiger partial charge is 0.344 e. The molecule has 4 nitrogen and oxygen atoms in total. The molecule has 0 amide bonds. The highest BCUT2D eigenvalue weighted by Gasteiger charge is 2.36. The van der Waals surface area contributed by atoms with E-state index in [2.05, 4.69) is 257 Å². The van der Waals surface area contributed by atoms with Crippen LogP contribution in [0.4, 0.5) is 45.5 Å². The molecule has 10 aromatic rings. The molecule has 0 bridgehead atoms. The Bertz CT molecular complexity index is 3050. The summed E-state index contributed by atoms with van der Waals surface area (Å²) in [4.78, 5) is 7.23. The molecule has 0 fully saturated rings. The van der Waals surface area contributed by atoms with E-state index in [9.17, 15) is 0 Å². The molecule has 9 aromatic carbocycles. The zero-order chi connectivity index (χ0) is 40.0. The van der Waals surface area contributed by atoms with Gasteiger partial charge in [-0.15, -0.1) is 0 Å². The van der Waals surface area contributed by atoms with E-state index in [-0.39, 0.29) is 5.92 Å². The van der Waals surface area contributed by atoms with Crippen molar-refractivity contribution in [2.45, 2.75) is 5.92 Å². The minimum absolute atomic E-state index is 0.0109. The van der Waals surface area contributed by atoms with Gasteiger partial charge in [0, 0.05) is 63.4 Å². The molecule has 11 rings (SSSR count). The Balaban J connectivity index is 1.17. The van der Waals surface area contributed by atoms with E-state index in [1.54, 1.807) is 0 Å². The van der Waals surface area contributed by atoms with Crippen LogP contribution in [0.25, 0.3) is 27.5 Å². The molecule has 0 saturated heterocycles. The van der Waals surface area contributed by atoms with Crippen molar-refractivity contribution in [1.82, 2.24) is 4.57 Å². The highest BCUT2D eigenvalue weighted by Crippen LogP contribution is 2.56. The van der Waals surface area contributed by atoms with Gasteiger partial charge in [0.2, 0.25) is 0 Å². The second kappa shape index (κ2) is 14.8.